The van der Waals surface area contributed by atoms with E-state index in [1.807, 2.05) is 6.07 Å². The number of fused-ring (bicyclic) bond motifs is 2. The van der Waals surface area contributed by atoms with E-state index in [1.54, 1.807) is 0 Å². The van der Waals surface area contributed by atoms with Gasteiger partial charge >= 0.3 is 0 Å². The Labute approximate surface area is 165 Å². The molecule has 0 bridgehead atoms. The molecule has 0 amide bonds. The van der Waals surface area contributed by atoms with Crippen LogP contribution in [0.4, 0.5) is 4.39 Å². The van der Waals surface area contributed by atoms with E-state index in [4.69, 9.17) is 0 Å². The molecule has 4 rings (SSSR count). The van der Waals surface area contributed by atoms with Gasteiger partial charge in [-0.05, 0) is 123 Å². The highest BCUT2D eigenvalue weighted by Gasteiger charge is 2.36. The molecule has 0 heterocycles. The molecule has 5 unspecified atom stereocenters. The van der Waals surface area contributed by atoms with Crippen LogP contribution >= 0.6 is 0 Å². The molecule has 3 aliphatic rings. The molecule has 2 saturated carbocycles. The van der Waals surface area contributed by atoms with Crippen molar-refractivity contribution in [2.45, 2.75) is 90.4 Å². The topological polar surface area (TPSA) is 0 Å². The van der Waals surface area contributed by atoms with E-state index < -0.39 is 0 Å². The average molecular weight is 369 g/mol. The minimum absolute atomic E-state index is 0.0892. The first kappa shape index (κ1) is 19.2. The van der Waals surface area contributed by atoms with Crippen molar-refractivity contribution >= 4 is 0 Å². The van der Waals surface area contributed by atoms with Gasteiger partial charge in [-0.2, -0.15) is 0 Å². The summed E-state index contributed by atoms with van der Waals surface area (Å²) in [7, 11) is 0. The van der Waals surface area contributed by atoms with Crippen molar-refractivity contribution < 1.29 is 4.39 Å². The number of hydrogen-bond donors (Lipinski definition) is 0. The molecule has 1 aromatic carbocycles. The Bertz CT molecular complexity index is 673. The lowest BCUT2D eigenvalue weighted by atomic mass is 9.63. The molecule has 3 aliphatic carbocycles. The molecule has 0 N–H and O–H groups in total. The third-order valence-electron chi connectivity index (χ3n) is 7.93. The summed E-state index contributed by atoms with van der Waals surface area (Å²) in [5.74, 6) is 3.95. The highest BCUT2D eigenvalue weighted by molar-refractivity contribution is 5.37. The highest BCUT2D eigenvalue weighted by Crippen LogP contribution is 2.49. The summed E-state index contributed by atoms with van der Waals surface area (Å²) in [6.45, 7) is 4.42. The molecule has 5 atom stereocenters. The second kappa shape index (κ2) is 8.50. The Morgan fingerprint density at radius 3 is 2.67 bits per heavy atom. The lowest BCUT2D eigenvalue weighted by Crippen LogP contribution is -2.30. The average Bonchev–Trinajstić information content (AvgIpc) is 2.67. The lowest BCUT2D eigenvalue weighted by molar-refractivity contribution is 0.114. The Hall–Kier alpha value is -1.11. The van der Waals surface area contributed by atoms with E-state index in [0.717, 1.165) is 36.2 Å². The van der Waals surface area contributed by atoms with Gasteiger partial charge in [-0.1, -0.05) is 31.6 Å². The summed E-state index contributed by atoms with van der Waals surface area (Å²) < 4.78 is 14.9. The van der Waals surface area contributed by atoms with Gasteiger partial charge in [-0.15, -0.1) is 0 Å². The van der Waals surface area contributed by atoms with Crippen molar-refractivity contribution in [1.82, 2.24) is 0 Å². The molecular weight excluding hydrogens is 331 g/mol. The molecule has 0 aromatic heterocycles. The molecule has 0 aliphatic heterocycles. The number of rotatable bonds is 4. The van der Waals surface area contributed by atoms with Gasteiger partial charge in [-0.3, -0.25) is 0 Å². The predicted octanol–water partition coefficient (Wildman–Crippen LogP) is 7.61. The Morgan fingerprint density at radius 2 is 1.81 bits per heavy atom. The van der Waals surface area contributed by atoms with Crippen molar-refractivity contribution in [3.8, 4) is 0 Å². The fourth-order valence-electron chi connectivity index (χ4n) is 6.32. The number of allylic oxidation sites excluding steroid dienone is 2. The minimum atomic E-state index is 0.0892. The molecule has 1 heteroatoms. The third kappa shape index (κ3) is 4.33. The van der Waals surface area contributed by atoms with Gasteiger partial charge in [0.2, 0.25) is 0 Å². The maximum Gasteiger partial charge on any atom is 0.126 e. The second-order valence-electron chi connectivity index (χ2n) is 9.85. The maximum absolute atomic E-state index is 14.9. The van der Waals surface area contributed by atoms with E-state index >= 15 is 0 Å². The van der Waals surface area contributed by atoms with Gasteiger partial charge in [-0.25, -0.2) is 4.39 Å². The summed E-state index contributed by atoms with van der Waals surface area (Å²) in [6, 6.07) is 4.16. The largest absolute Gasteiger partial charge is 0.207 e. The quantitative estimate of drug-likeness (QED) is 0.480. The van der Waals surface area contributed by atoms with Crippen LogP contribution in [0.2, 0.25) is 0 Å². The SMILES string of the molecule is C/C=C/CCC1CCC2CC(c3cc4c(cc3F)CC(C)CC4)CCC2C1. The first-order valence-electron chi connectivity index (χ1n) is 11.6. The summed E-state index contributed by atoms with van der Waals surface area (Å²) >= 11 is 0. The Morgan fingerprint density at radius 1 is 1.00 bits per heavy atom. The van der Waals surface area contributed by atoms with E-state index in [1.165, 1.54) is 68.9 Å². The van der Waals surface area contributed by atoms with Crippen LogP contribution in [-0.2, 0) is 12.8 Å². The number of aryl methyl sites for hydroxylation is 1. The number of benzene rings is 1. The summed E-state index contributed by atoms with van der Waals surface area (Å²) in [5.41, 5.74) is 3.78. The molecule has 2 fully saturated rings. The van der Waals surface area contributed by atoms with E-state index in [-0.39, 0.29) is 5.82 Å². The van der Waals surface area contributed by atoms with Crippen LogP contribution in [0, 0.1) is 29.5 Å². The van der Waals surface area contributed by atoms with Crippen LogP contribution in [-0.4, -0.2) is 0 Å². The highest BCUT2D eigenvalue weighted by atomic mass is 19.1. The normalized spacial score (nSPS) is 33.7. The van der Waals surface area contributed by atoms with Crippen molar-refractivity contribution in [2.24, 2.45) is 23.7 Å². The van der Waals surface area contributed by atoms with Crippen LogP contribution in [0.5, 0.6) is 0 Å². The molecule has 1 aromatic rings. The fourth-order valence-corrected chi connectivity index (χ4v) is 6.32. The molecular formula is C26H37F. The van der Waals surface area contributed by atoms with Gasteiger partial charge in [0.1, 0.15) is 5.82 Å². The van der Waals surface area contributed by atoms with Gasteiger partial charge in [0.15, 0.2) is 0 Å². The standard InChI is InChI=1S/C26H37F/c1-3-4-5-6-19-8-10-21-15-23(12-11-20(21)14-19)25-16-22-9-7-18(2)13-24(22)17-26(25)27/h3-4,16-21,23H,5-15H2,1-2H3/b4-3+. The lowest BCUT2D eigenvalue weighted by Gasteiger charge is -2.42. The summed E-state index contributed by atoms with van der Waals surface area (Å²) in [6.07, 6.45) is 18.6. The number of halogens is 1. The van der Waals surface area contributed by atoms with Crippen molar-refractivity contribution in [2.75, 3.05) is 0 Å². The first-order valence-corrected chi connectivity index (χ1v) is 11.6. The Balaban J connectivity index is 1.40. The van der Waals surface area contributed by atoms with E-state index in [2.05, 4.69) is 32.1 Å². The van der Waals surface area contributed by atoms with Crippen LogP contribution < -0.4 is 0 Å². The molecule has 0 nitrogen and oxygen atoms in total. The van der Waals surface area contributed by atoms with Crippen LogP contribution in [0.25, 0.3) is 0 Å². The summed E-state index contributed by atoms with van der Waals surface area (Å²) in [4.78, 5) is 0. The molecule has 27 heavy (non-hydrogen) atoms. The smallest absolute Gasteiger partial charge is 0.126 e. The van der Waals surface area contributed by atoms with Crippen molar-refractivity contribution in [1.29, 1.82) is 0 Å². The van der Waals surface area contributed by atoms with Gasteiger partial charge in [0.25, 0.3) is 0 Å². The van der Waals surface area contributed by atoms with Gasteiger partial charge < -0.3 is 0 Å². The van der Waals surface area contributed by atoms with E-state index in [0.29, 0.717) is 11.8 Å². The minimum Gasteiger partial charge on any atom is -0.207 e. The molecule has 148 valence electrons. The zero-order chi connectivity index (χ0) is 18.8. The molecule has 0 spiro atoms. The second-order valence-corrected chi connectivity index (χ2v) is 9.85. The maximum atomic E-state index is 14.9. The predicted molar refractivity (Wildman–Crippen MR) is 113 cm³/mol. The number of hydrogen-bond acceptors (Lipinski definition) is 0. The van der Waals surface area contributed by atoms with Crippen molar-refractivity contribution in [3.05, 3.63) is 46.8 Å². The van der Waals surface area contributed by atoms with Gasteiger partial charge in [0.05, 0.1) is 0 Å². The van der Waals surface area contributed by atoms with Crippen LogP contribution in [0.15, 0.2) is 24.3 Å². The first-order chi connectivity index (χ1) is 13.1. The third-order valence-corrected chi connectivity index (χ3v) is 7.93. The van der Waals surface area contributed by atoms with Crippen LogP contribution in [0.3, 0.4) is 0 Å². The fraction of sp³-hybridized carbons (Fsp3) is 0.692. The van der Waals surface area contributed by atoms with Crippen molar-refractivity contribution in [3.63, 3.8) is 0 Å². The molecule has 0 radical (unpaired) electrons. The summed E-state index contributed by atoms with van der Waals surface area (Å²) in [5, 5.41) is 0. The van der Waals surface area contributed by atoms with E-state index in [9.17, 15) is 4.39 Å². The Kier molecular flexibility index (Phi) is 6.05. The monoisotopic (exact) mass is 368 g/mol. The zero-order valence-electron chi connectivity index (χ0n) is 17.4. The van der Waals surface area contributed by atoms with Crippen LogP contribution in [0.1, 0.15) is 94.2 Å². The van der Waals surface area contributed by atoms with Gasteiger partial charge in [0, 0.05) is 0 Å². The zero-order valence-corrected chi connectivity index (χ0v) is 17.4. The molecule has 0 saturated heterocycles.